The maximum atomic E-state index is 12.5. The van der Waals surface area contributed by atoms with Crippen LogP contribution in [0.4, 0.5) is 0 Å². The average molecular weight is 250 g/mol. The average Bonchev–Trinajstić information content (AvgIpc) is 3.23. The number of carbonyl (C=O) groups is 1. The molecule has 3 nitrogen and oxygen atoms in total. The largest absolute Gasteiger partial charge is 0.339 e. The van der Waals surface area contributed by atoms with Gasteiger partial charge in [-0.2, -0.15) is 0 Å². The Labute approximate surface area is 110 Å². The molecule has 102 valence electrons. The molecule has 3 heteroatoms. The number of hydrogen-bond acceptors (Lipinski definition) is 2. The molecule has 0 spiro atoms. The smallest absolute Gasteiger partial charge is 0.239 e. The predicted octanol–water partition coefficient (Wildman–Crippen LogP) is 2.31. The third-order valence-electron chi connectivity index (χ3n) is 5.06. The second kappa shape index (κ2) is 5.20. The number of carbonyl (C=O) groups excluding carboxylic acids is 1. The molecule has 0 bridgehead atoms. The Hall–Kier alpha value is -0.570. The van der Waals surface area contributed by atoms with Crippen molar-refractivity contribution < 1.29 is 4.79 Å². The van der Waals surface area contributed by atoms with Crippen molar-refractivity contribution in [3.8, 4) is 0 Å². The quantitative estimate of drug-likeness (QED) is 0.833. The van der Waals surface area contributed by atoms with Crippen LogP contribution in [-0.2, 0) is 4.79 Å². The van der Waals surface area contributed by atoms with Crippen molar-refractivity contribution >= 4 is 5.91 Å². The summed E-state index contributed by atoms with van der Waals surface area (Å²) in [7, 11) is 0. The Bertz CT molecular complexity index is 314. The SMILES string of the molecule is CCN(C(=O)C1CCC2CCCCC2N1)C1CC1. The number of likely N-dealkylation sites (N-methyl/N-ethyl adjacent to an activating group) is 1. The van der Waals surface area contributed by atoms with Crippen LogP contribution in [0.3, 0.4) is 0 Å². The van der Waals surface area contributed by atoms with Gasteiger partial charge in [-0.15, -0.1) is 0 Å². The van der Waals surface area contributed by atoms with Gasteiger partial charge in [0.05, 0.1) is 6.04 Å². The van der Waals surface area contributed by atoms with E-state index < -0.39 is 0 Å². The number of fused-ring (bicyclic) bond motifs is 1. The Morgan fingerprint density at radius 2 is 1.89 bits per heavy atom. The lowest BCUT2D eigenvalue weighted by atomic mass is 9.77. The van der Waals surface area contributed by atoms with Gasteiger partial charge in [0.25, 0.3) is 0 Å². The summed E-state index contributed by atoms with van der Waals surface area (Å²) >= 11 is 0. The minimum Gasteiger partial charge on any atom is -0.339 e. The standard InChI is InChI=1S/C15H26N2O/c1-2-17(12-8-9-12)15(18)14-10-7-11-5-3-4-6-13(11)16-14/h11-14,16H,2-10H2,1H3. The summed E-state index contributed by atoms with van der Waals surface area (Å²) in [4.78, 5) is 14.7. The Morgan fingerprint density at radius 3 is 2.61 bits per heavy atom. The van der Waals surface area contributed by atoms with E-state index >= 15 is 0 Å². The van der Waals surface area contributed by atoms with E-state index in [1.54, 1.807) is 0 Å². The minimum absolute atomic E-state index is 0.116. The zero-order chi connectivity index (χ0) is 12.5. The molecule has 18 heavy (non-hydrogen) atoms. The monoisotopic (exact) mass is 250 g/mol. The van der Waals surface area contributed by atoms with Crippen LogP contribution in [-0.4, -0.2) is 35.5 Å². The summed E-state index contributed by atoms with van der Waals surface area (Å²) in [6.07, 6.45) is 10.2. The second-order valence-corrected chi connectivity index (χ2v) is 6.30. The van der Waals surface area contributed by atoms with Crippen LogP contribution >= 0.6 is 0 Å². The van der Waals surface area contributed by atoms with Crippen LogP contribution in [0.2, 0.25) is 0 Å². The maximum Gasteiger partial charge on any atom is 0.239 e. The van der Waals surface area contributed by atoms with Crippen LogP contribution < -0.4 is 5.32 Å². The molecular formula is C15H26N2O. The van der Waals surface area contributed by atoms with Crippen LogP contribution in [0, 0.1) is 5.92 Å². The fourth-order valence-electron chi connectivity index (χ4n) is 3.87. The van der Waals surface area contributed by atoms with Crippen molar-refractivity contribution in [2.24, 2.45) is 5.92 Å². The van der Waals surface area contributed by atoms with Crippen molar-refractivity contribution in [1.82, 2.24) is 10.2 Å². The summed E-state index contributed by atoms with van der Waals surface area (Å²) in [5.41, 5.74) is 0. The first kappa shape index (κ1) is 12.5. The van der Waals surface area contributed by atoms with Gasteiger partial charge < -0.3 is 10.2 Å². The number of nitrogens with one attached hydrogen (secondary N) is 1. The highest BCUT2D eigenvalue weighted by Crippen LogP contribution is 2.34. The Kier molecular flexibility index (Phi) is 3.60. The Morgan fingerprint density at radius 1 is 1.11 bits per heavy atom. The van der Waals surface area contributed by atoms with E-state index in [1.165, 1.54) is 44.9 Å². The van der Waals surface area contributed by atoms with Crippen molar-refractivity contribution in [3.05, 3.63) is 0 Å². The molecule has 0 radical (unpaired) electrons. The molecule has 0 aromatic rings. The van der Waals surface area contributed by atoms with E-state index in [4.69, 9.17) is 0 Å². The molecular weight excluding hydrogens is 224 g/mol. The van der Waals surface area contributed by atoms with Crippen molar-refractivity contribution in [2.75, 3.05) is 6.54 Å². The van der Waals surface area contributed by atoms with Gasteiger partial charge in [0.2, 0.25) is 5.91 Å². The van der Waals surface area contributed by atoms with E-state index in [-0.39, 0.29) is 6.04 Å². The number of piperidine rings is 1. The van der Waals surface area contributed by atoms with Crippen LogP contribution in [0.1, 0.15) is 58.3 Å². The van der Waals surface area contributed by atoms with Crippen LogP contribution in [0.5, 0.6) is 0 Å². The Balaban J connectivity index is 1.60. The lowest BCUT2D eigenvalue weighted by Crippen LogP contribution is -2.56. The summed E-state index contributed by atoms with van der Waals surface area (Å²) < 4.78 is 0. The van der Waals surface area contributed by atoms with E-state index in [0.29, 0.717) is 18.0 Å². The molecule has 3 atom stereocenters. The van der Waals surface area contributed by atoms with Gasteiger partial charge in [-0.3, -0.25) is 4.79 Å². The lowest BCUT2D eigenvalue weighted by Gasteiger charge is -2.41. The highest BCUT2D eigenvalue weighted by molar-refractivity contribution is 5.82. The van der Waals surface area contributed by atoms with Gasteiger partial charge in [-0.25, -0.2) is 0 Å². The predicted molar refractivity (Wildman–Crippen MR) is 72.3 cm³/mol. The third-order valence-corrected chi connectivity index (χ3v) is 5.06. The summed E-state index contributed by atoms with van der Waals surface area (Å²) in [6, 6.07) is 1.30. The zero-order valence-corrected chi connectivity index (χ0v) is 11.5. The number of amides is 1. The first-order chi connectivity index (χ1) is 8.79. The summed E-state index contributed by atoms with van der Waals surface area (Å²) in [5, 5.41) is 3.66. The third kappa shape index (κ3) is 2.42. The molecule has 3 rings (SSSR count). The van der Waals surface area contributed by atoms with Crippen molar-refractivity contribution in [2.45, 2.75) is 76.4 Å². The van der Waals surface area contributed by atoms with Gasteiger partial charge in [-0.1, -0.05) is 12.8 Å². The summed E-state index contributed by atoms with van der Waals surface area (Å²) in [6.45, 7) is 3.00. The number of rotatable bonds is 3. The number of nitrogens with zero attached hydrogens (tertiary/aromatic N) is 1. The highest BCUT2D eigenvalue weighted by Gasteiger charge is 2.39. The van der Waals surface area contributed by atoms with Crippen molar-refractivity contribution in [1.29, 1.82) is 0 Å². The van der Waals surface area contributed by atoms with E-state index in [0.717, 1.165) is 18.9 Å². The molecule has 3 unspecified atom stereocenters. The van der Waals surface area contributed by atoms with E-state index in [1.807, 2.05) is 0 Å². The van der Waals surface area contributed by atoms with Crippen molar-refractivity contribution in [3.63, 3.8) is 0 Å². The van der Waals surface area contributed by atoms with Gasteiger partial charge >= 0.3 is 0 Å². The van der Waals surface area contributed by atoms with Crippen LogP contribution in [0.15, 0.2) is 0 Å². The molecule has 0 aromatic heterocycles. The molecule has 3 fully saturated rings. The molecule has 2 aliphatic carbocycles. The molecule has 1 aliphatic heterocycles. The summed E-state index contributed by atoms with van der Waals surface area (Å²) in [5.74, 6) is 1.22. The molecule has 1 amide bonds. The molecule has 1 N–H and O–H groups in total. The van der Waals surface area contributed by atoms with Gasteiger partial charge in [0.1, 0.15) is 0 Å². The zero-order valence-electron chi connectivity index (χ0n) is 11.5. The fourth-order valence-corrected chi connectivity index (χ4v) is 3.87. The van der Waals surface area contributed by atoms with E-state index in [2.05, 4.69) is 17.1 Å². The van der Waals surface area contributed by atoms with Gasteiger partial charge in [-0.05, 0) is 51.4 Å². The number of hydrogen-bond donors (Lipinski definition) is 1. The van der Waals surface area contributed by atoms with Gasteiger partial charge in [0.15, 0.2) is 0 Å². The molecule has 1 heterocycles. The lowest BCUT2D eigenvalue weighted by molar-refractivity contribution is -0.135. The van der Waals surface area contributed by atoms with Gasteiger partial charge in [0, 0.05) is 18.6 Å². The second-order valence-electron chi connectivity index (χ2n) is 6.30. The normalized spacial score (nSPS) is 35.9. The maximum absolute atomic E-state index is 12.5. The molecule has 1 saturated heterocycles. The topological polar surface area (TPSA) is 32.3 Å². The van der Waals surface area contributed by atoms with E-state index in [9.17, 15) is 4.79 Å². The molecule has 3 aliphatic rings. The fraction of sp³-hybridized carbons (Fsp3) is 0.933. The first-order valence-electron chi connectivity index (χ1n) is 7.86. The minimum atomic E-state index is 0.116. The molecule has 2 saturated carbocycles. The first-order valence-corrected chi connectivity index (χ1v) is 7.86. The van der Waals surface area contributed by atoms with Crippen LogP contribution in [0.25, 0.3) is 0 Å². The highest BCUT2D eigenvalue weighted by atomic mass is 16.2. The molecule has 0 aromatic carbocycles.